The molecule has 0 aliphatic carbocycles. The normalized spacial score (nSPS) is 28.4. The standard InChI is InChI=1S/C13H19N3O/c1-15-6-7-16(12-8-14-9-13(12)17)11-5-3-2-4-10(11)15/h2-5,12-14,17H,6-9H2,1H3. The lowest BCUT2D eigenvalue weighted by atomic mass is 10.1. The minimum atomic E-state index is -0.258. The van der Waals surface area contributed by atoms with Crippen molar-refractivity contribution in [3.63, 3.8) is 0 Å². The fraction of sp³-hybridized carbons (Fsp3) is 0.538. The van der Waals surface area contributed by atoms with Crippen molar-refractivity contribution in [1.29, 1.82) is 0 Å². The molecule has 2 atom stereocenters. The Balaban J connectivity index is 1.95. The number of para-hydroxylation sites is 2. The Morgan fingerprint density at radius 1 is 1.18 bits per heavy atom. The molecule has 2 aliphatic rings. The van der Waals surface area contributed by atoms with Gasteiger partial charge >= 0.3 is 0 Å². The maximum atomic E-state index is 10.0. The second kappa shape index (κ2) is 4.20. The van der Waals surface area contributed by atoms with Crippen molar-refractivity contribution in [3.05, 3.63) is 24.3 Å². The van der Waals surface area contributed by atoms with Gasteiger partial charge in [0.1, 0.15) is 0 Å². The monoisotopic (exact) mass is 233 g/mol. The third-order valence-electron chi connectivity index (χ3n) is 3.83. The van der Waals surface area contributed by atoms with Gasteiger partial charge in [-0.15, -0.1) is 0 Å². The van der Waals surface area contributed by atoms with E-state index in [2.05, 4.69) is 46.4 Å². The average Bonchev–Trinajstić information content (AvgIpc) is 2.77. The van der Waals surface area contributed by atoms with Gasteiger partial charge in [0.2, 0.25) is 0 Å². The Bertz CT molecular complexity index is 409. The predicted octanol–water partition coefficient (Wildman–Crippen LogP) is 0.276. The summed E-state index contributed by atoms with van der Waals surface area (Å²) in [5.41, 5.74) is 2.51. The molecule has 4 heteroatoms. The zero-order valence-electron chi connectivity index (χ0n) is 10.1. The van der Waals surface area contributed by atoms with Gasteiger partial charge in [-0.1, -0.05) is 12.1 Å². The quantitative estimate of drug-likeness (QED) is 0.730. The van der Waals surface area contributed by atoms with Gasteiger partial charge < -0.3 is 20.2 Å². The van der Waals surface area contributed by atoms with E-state index in [-0.39, 0.29) is 12.1 Å². The fourth-order valence-corrected chi connectivity index (χ4v) is 2.84. The highest BCUT2D eigenvalue weighted by Gasteiger charge is 2.33. The van der Waals surface area contributed by atoms with Crippen LogP contribution < -0.4 is 15.1 Å². The molecule has 0 bridgehead atoms. The van der Waals surface area contributed by atoms with Crippen LogP contribution in [0.1, 0.15) is 0 Å². The molecule has 1 fully saturated rings. The molecule has 2 aliphatic heterocycles. The van der Waals surface area contributed by atoms with Gasteiger partial charge in [0.05, 0.1) is 23.5 Å². The zero-order valence-corrected chi connectivity index (χ0v) is 10.1. The Labute approximate surface area is 102 Å². The molecule has 2 heterocycles. The van der Waals surface area contributed by atoms with Crippen molar-refractivity contribution >= 4 is 11.4 Å². The Morgan fingerprint density at radius 2 is 1.94 bits per heavy atom. The van der Waals surface area contributed by atoms with Crippen LogP contribution in [0.2, 0.25) is 0 Å². The van der Waals surface area contributed by atoms with E-state index in [9.17, 15) is 5.11 Å². The molecule has 1 aromatic carbocycles. The summed E-state index contributed by atoms with van der Waals surface area (Å²) >= 11 is 0. The Hall–Kier alpha value is -1.26. The van der Waals surface area contributed by atoms with Crippen LogP contribution >= 0.6 is 0 Å². The van der Waals surface area contributed by atoms with Crippen LogP contribution in [-0.4, -0.2) is 50.5 Å². The van der Waals surface area contributed by atoms with Gasteiger partial charge in [0.15, 0.2) is 0 Å². The van der Waals surface area contributed by atoms with Crippen molar-refractivity contribution in [2.45, 2.75) is 12.1 Å². The lowest BCUT2D eigenvalue weighted by molar-refractivity contribution is 0.174. The first-order valence-corrected chi connectivity index (χ1v) is 6.23. The van der Waals surface area contributed by atoms with Gasteiger partial charge in [0.25, 0.3) is 0 Å². The lowest BCUT2D eigenvalue weighted by Gasteiger charge is -2.41. The summed E-state index contributed by atoms with van der Waals surface area (Å²) in [6.45, 7) is 3.58. The molecule has 0 amide bonds. The number of likely N-dealkylation sites (N-methyl/N-ethyl adjacent to an activating group) is 1. The van der Waals surface area contributed by atoms with Crippen molar-refractivity contribution < 1.29 is 5.11 Å². The van der Waals surface area contributed by atoms with E-state index in [0.29, 0.717) is 6.54 Å². The van der Waals surface area contributed by atoms with Crippen LogP contribution in [0.15, 0.2) is 24.3 Å². The number of aliphatic hydroxyl groups excluding tert-OH is 1. The smallest absolute Gasteiger partial charge is 0.0879 e. The van der Waals surface area contributed by atoms with Gasteiger partial charge in [0, 0.05) is 33.2 Å². The molecule has 17 heavy (non-hydrogen) atoms. The SMILES string of the molecule is CN1CCN(C2CNCC2O)c2ccccc21. The summed E-state index contributed by atoms with van der Waals surface area (Å²) < 4.78 is 0. The van der Waals surface area contributed by atoms with Crippen molar-refractivity contribution in [1.82, 2.24) is 5.32 Å². The summed E-state index contributed by atoms with van der Waals surface area (Å²) in [5, 5.41) is 13.3. The number of β-amino-alcohol motifs (C(OH)–C–C–N with tert-alkyl or cyclic N) is 1. The predicted molar refractivity (Wildman–Crippen MR) is 69.7 cm³/mol. The lowest BCUT2D eigenvalue weighted by Crippen LogP contribution is -2.49. The van der Waals surface area contributed by atoms with Crippen molar-refractivity contribution in [2.24, 2.45) is 0 Å². The van der Waals surface area contributed by atoms with Crippen LogP contribution in [-0.2, 0) is 0 Å². The van der Waals surface area contributed by atoms with Gasteiger partial charge in [-0.2, -0.15) is 0 Å². The molecule has 1 saturated heterocycles. The number of rotatable bonds is 1. The highest BCUT2D eigenvalue weighted by atomic mass is 16.3. The summed E-state index contributed by atoms with van der Waals surface area (Å²) in [6, 6.07) is 8.65. The highest BCUT2D eigenvalue weighted by Crippen LogP contribution is 2.33. The van der Waals surface area contributed by atoms with E-state index in [1.165, 1.54) is 11.4 Å². The number of aliphatic hydroxyl groups is 1. The number of nitrogens with zero attached hydrogens (tertiary/aromatic N) is 2. The fourth-order valence-electron chi connectivity index (χ4n) is 2.84. The number of anilines is 2. The van der Waals surface area contributed by atoms with Crippen molar-refractivity contribution in [2.75, 3.05) is 43.0 Å². The van der Waals surface area contributed by atoms with E-state index in [4.69, 9.17) is 0 Å². The largest absolute Gasteiger partial charge is 0.390 e. The summed E-state index contributed by atoms with van der Waals surface area (Å²) in [7, 11) is 2.12. The van der Waals surface area contributed by atoms with Crippen molar-refractivity contribution in [3.8, 4) is 0 Å². The van der Waals surface area contributed by atoms with Crippen LogP contribution in [0.5, 0.6) is 0 Å². The van der Waals surface area contributed by atoms with Gasteiger partial charge in [-0.05, 0) is 12.1 Å². The van der Waals surface area contributed by atoms with E-state index >= 15 is 0 Å². The Kier molecular flexibility index (Phi) is 2.68. The molecule has 0 radical (unpaired) electrons. The maximum Gasteiger partial charge on any atom is 0.0879 e. The molecule has 1 aromatic rings. The first-order valence-electron chi connectivity index (χ1n) is 6.23. The molecule has 92 valence electrons. The highest BCUT2D eigenvalue weighted by molar-refractivity contribution is 5.73. The summed E-state index contributed by atoms with van der Waals surface area (Å²) in [5.74, 6) is 0. The van der Waals surface area contributed by atoms with Crippen LogP contribution in [0.3, 0.4) is 0 Å². The van der Waals surface area contributed by atoms with E-state index in [1.807, 2.05) is 0 Å². The number of benzene rings is 1. The molecule has 0 saturated carbocycles. The number of hydrogen-bond donors (Lipinski definition) is 2. The van der Waals surface area contributed by atoms with Gasteiger partial charge in [-0.25, -0.2) is 0 Å². The second-order valence-corrected chi connectivity index (χ2v) is 4.90. The third kappa shape index (κ3) is 1.77. The number of fused-ring (bicyclic) bond motifs is 1. The summed E-state index contributed by atoms with van der Waals surface area (Å²) in [6.07, 6.45) is -0.258. The second-order valence-electron chi connectivity index (χ2n) is 4.90. The Morgan fingerprint density at radius 3 is 2.65 bits per heavy atom. The molecule has 0 spiro atoms. The molecule has 2 N–H and O–H groups in total. The first-order chi connectivity index (χ1) is 8.27. The minimum Gasteiger partial charge on any atom is -0.390 e. The van der Waals surface area contributed by atoms with Gasteiger partial charge in [-0.3, -0.25) is 0 Å². The maximum absolute atomic E-state index is 10.0. The average molecular weight is 233 g/mol. The van der Waals surface area contributed by atoms with E-state index in [1.54, 1.807) is 0 Å². The molecular weight excluding hydrogens is 214 g/mol. The molecule has 4 nitrogen and oxygen atoms in total. The van der Waals surface area contributed by atoms with Crippen LogP contribution in [0.4, 0.5) is 11.4 Å². The topological polar surface area (TPSA) is 38.7 Å². The zero-order chi connectivity index (χ0) is 11.8. The molecule has 0 aromatic heterocycles. The van der Waals surface area contributed by atoms with E-state index < -0.39 is 0 Å². The van der Waals surface area contributed by atoms with Crippen LogP contribution in [0, 0.1) is 0 Å². The van der Waals surface area contributed by atoms with Crippen LogP contribution in [0.25, 0.3) is 0 Å². The number of nitrogens with one attached hydrogen (secondary N) is 1. The summed E-state index contributed by atoms with van der Waals surface area (Å²) in [4.78, 5) is 4.63. The minimum absolute atomic E-state index is 0.213. The molecule has 3 rings (SSSR count). The van der Waals surface area contributed by atoms with E-state index in [0.717, 1.165) is 19.6 Å². The number of hydrogen-bond acceptors (Lipinski definition) is 4. The first kappa shape index (κ1) is 10.9. The molecular formula is C13H19N3O. The molecule has 2 unspecified atom stereocenters. The third-order valence-corrected chi connectivity index (χ3v) is 3.83.